The normalized spacial score (nSPS) is 28.4. The first-order valence-electron chi connectivity index (χ1n) is 5.46. The van der Waals surface area contributed by atoms with Gasteiger partial charge < -0.3 is 15.2 Å². The first-order valence-corrected chi connectivity index (χ1v) is 5.46. The predicted octanol–water partition coefficient (Wildman–Crippen LogP) is 1.76. The molecular formula is C11H19NO4. The highest BCUT2D eigenvalue weighted by Crippen LogP contribution is 2.46. The van der Waals surface area contributed by atoms with Gasteiger partial charge in [0.1, 0.15) is 11.1 Å². The molecule has 2 atom stereocenters. The van der Waals surface area contributed by atoms with Crippen LogP contribution in [-0.4, -0.2) is 28.3 Å². The highest BCUT2D eigenvalue weighted by atomic mass is 16.6. The maximum absolute atomic E-state index is 11.5. The topological polar surface area (TPSA) is 75.6 Å². The van der Waals surface area contributed by atoms with Crippen molar-refractivity contribution in [3.63, 3.8) is 0 Å². The van der Waals surface area contributed by atoms with Crippen LogP contribution in [0.5, 0.6) is 0 Å². The van der Waals surface area contributed by atoms with E-state index in [9.17, 15) is 9.59 Å². The molecular weight excluding hydrogens is 210 g/mol. The minimum absolute atomic E-state index is 0.0116. The predicted molar refractivity (Wildman–Crippen MR) is 58.1 cm³/mol. The van der Waals surface area contributed by atoms with Crippen molar-refractivity contribution in [3.8, 4) is 0 Å². The molecule has 0 aliphatic heterocycles. The Morgan fingerprint density at radius 2 is 2.06 bits per heavy atom. The molecule has 1 amide bonds. The minimum atomic E-state index is -1.10. The number of hydrogen-bond acceptors (Lipinski definition) is 3. The Bertz CT molecular complexity index is 308. The van der Waals surface area contributed by atoms with Crippen molar-refractivity contribution >= 4 is 12.1 Å². The van der Waals surface area contributed by atoms with Crippen molar-refractivity contribution in [2.45, 2.75) is 51.7 Å². The van der Waals surface area contributed by atoms with E-state index in [1.807, 2.05) is 6.92 Å². The van der Waals surface area contributed by atoms with E-state index in [1.54, 1.807) is 20.8 Å². The van der Waals surface area contributed by atoms with E-state index in [-0.39, 0.29) is 5.92 Å². The number of ether oxygens (including phenoxy) is 1. The second kappa shape index (κ2) is 3.96. The molecule has 2 unspecified atom stereocenters. The first kappa shape index (κ1) is 12.8. The van der Waals surface area contributed by atoms with Gasteiger partial charge in [0.15, 0.2) is 0 Å². The average Bonchev–Trinajstić information content (AvgIpc) is 2.76. The number of carbonyl (C=O) groups is 2. The highest BCUT2D eigenvalue weighted by Gasteiger charge is 2.61. The third-order valence-electron chi connectivity index (χ3n) is 2.70. The van der Waals surface area contributed by atoms with Crippen LogP contribution in [0.4, 0.5) is 4.79 Å². The van der Waals surface area contributed by atoms with E-state index >= 15 is 0 Å². The molecule has 92 valence electrons. The fraction of sp³-hybridized carbons (Fsp3) is 0.818. The number of amides is 1. The molecule has 2 N–H and O–H groups in total. The zero-order valence-corrected chi connectivity index (χ0v) is 10.2. The van der Waals surface area contributed by atoms with Gasteiger partial charge in [0.2, 0.25) is 0 Å². The van der Waals surface area contributed by atoms with Crippen molar-refractivity contribution in [1.29, 1.82) is 0 Å². The second-order valence-electron chi connectivity index (χ2n) is 5.21. The summed E-state index contributed by atoms with van der Waals surface area (Å²) in [6.45, 7) is 7.13. The molecule has 0 radical (unpaired) electrons. The van der Waals surface area contributed by atoms with E-state index in [0.29, 0.717) is 6.42 Å². The number of carbonyl (C=O) groups excluding carboxylic acids is 1. The summed E-state index contributed by atoms with van der Waals surface area (Å²) in [6.07, 6.45) is 0.561. The standard InChI is InChI=1S/C11H19NO4/c1-5-7-6-11(7,8(13)14)12-9(15)16-10(2,3)4/h7H,5-6H2,1-4H3,(H,12,15)(H,13,14). The summed E-state index contributed by atoms with van der Waals surface area (Å²) in [5, 5.41) is 11.5. The number of carboxylic acids is 1. The van der Waals surface area contributed by atoms with Crippen molar-refractivity contribution in [2.24, 2.45) is 5.92 Å². The van der Waals surface area contributed by atoms with Crippen LogP contribution in [0.3, 0.4) is 0 Å². The number of aliphatic carboxylic acids is 1. The molecule has 0 aromatic rings. The van der Waals surface area contributed by atoms with Crippen molar-refractivity contribution < 1.29 is 19.4 Å². The smallest absolute Gasteiger partial charge is 0.408 e. The van der Waals surface area contributed by atoms with Crippen LogP contribution < -0.4 is 5.32 Å². The van der Waals surface area contributed by atoms with E-state index in [4.69, 9.17) is 9.84 Å². The summed E-state index contributed by atoms with van der Waals surface area (Å²) in [5.74, 6) is -0.970. The van der Waals surface area contributed by atoms with Gasteiger partial charge in [-0.15, -0.1) is 0 Å². The second-order valence-corrected chi connectivity index (χ2v) is 5.21. The Morgan fingerprint density at radius 1 is 1.50 bits per heavy atom. The van der Waals surface area contributed by atoms with Gasteiger partial charge in [0, 0.05) is 0 Å². The fourth-order valence-corrected chi connectivity index (χ4v) is 1.78. The van der Waals surface area contributed by atoms with Gasteiger partial charge >= 0.3 is 12.1 Å². The van der Waals surface area contributed by atoms with Crippen molar-refractivity contribution in [1.82, 2.24) is 5.32 Å². The van der Waals surface area contributed by atoms with Gasteiger partial charge in [-0.2, -0.15) is 0 Å². The molecule has 1 aliphatic carbocycles. The van der Waals surface area contributed by atoms with Crippen LogP contribution in [0.2, 0.25) is 0 Å². The van der Waals surface area contributed by atoms with Crippen LogP contribution in [0.15, 0.2) is 0 Å². The van der Waals surface area contributed by atoms with Gasteiger partial charge in [0.05, 0.1) is 0 Å². The molecule has 16 heavy (non-hydrogen) atoms. The largest absolute Gasteiger partial charge is 0.479 e. The first-order chi connectivity index (χ1) is 7.21. The lowest BCUT2D eigenvalue weighted by atomic mass is 10.1. The maximum atomic E-state index is 11.5. The maximum Gasteiger partial charge on any atom is 0.408 e. The lowest BCUT2D eigenvalue weighted by Gasteiger charge is -2.22. The molecule has 5 heteroatoms. The quantitative estimate of drug-likeness (QED) is 0.773. The van der Waals surface area contributed by atoms with Crippen LogP contribution in [0, 0.1) is 5.92 Å². The molecule has 1 saturated carbocycles. The molecule has 0 bridgehead atoms. The Balaban J connectivity index is 2.59. The summed E-state index contributed by atoms with van der Waals surface area (Å²) in [6, 6.07) is 0. The molecule has 0 saturated heterocycles. The summed E-state index contributed by atoms with van der Waals surface area (Å²) >= 11 is 0. The number of nitrogens with one attached hydrogen (secondary N) is 1. The fourth-order valence-electron chi connectivity index (χ4n) is 1.78. The lowest BCUT2D eigenvalue weighted by Crippen LogP contribution is -2.46. The Kier molecular flexibility index (Phi) is 3.17. The van der Waals surface area contributed by atoms with Crippen LogP contribution in [0.25, 0.3) is 0 Å². The molecule has 0 aromatic heterocycles. The molecule has 0 spiro atoms. The number of rotatable bonds is 3. The van der Waals surface area contributed by atoms with Crippen molar-refractivity contribution in [2.75, 3.05) is 0 Å². The lowest BCUT2D eigenvalue weighted by molar-refractivity contribution is -0.141. The number of alkyl carbamates (subject to hydrolysis) is 1. The van der Waals surface area contributed by atoms with Crippen LogP contribution >= 0.6 is 0 Å². The molecule has 5 nitrogen and oxygen atoms in total. The third-order valence-corrected chi connectivity index (χ3v) is 2.70. The Morgan fingerprint density at radius 3 is 2.38 bits per heavy atom. The van der Waals surface area contributed by atoms with Gasteiger partial charge in [-0.3, -0.25) is 0 Å². The summed E-state index contributed by atoms with van der Waals surface area (Å²) in [4.78, 5) is 22.6. The number of hydrogen-bond donors (Lipinski definition) is 2. The average molecular weight is 229 g/mol. The molecule has 0 heterocycles. The van der Waals surface area contributed by atoms with E-state index in [0.717, 1.165) is 6.42 Å². The van der Waals surface area contributed by atoms with Gasteiger partial charge in [-0.25, -0.2) is 9.59 Å². The minimum Gasteiger partial charge on any atom is -0.479 e. The number of carboxylic acid groups (broad SMARTS) is 1. The molecule has 1 aliphatic rings. The summed E-state index contributed by atoms with van der Waals surface area (Å²) in [5.41, 5.74) is -1.71. The van der Waals surface area contributed by atoms with E-state index in [2.05, 4.69) is 5.32 Å². The monoisotopic (exact) mass is 229 g/mol. The SMILES string of the molecule is CCC1CC1(NC(=O)OC(C)(C)C)C(=O)O. The van der Waals surface area contributed by atoms with E-state index in [1.165, 1.54) is 0 Å². The zero-order chi connectivity index (χ0) is 12.6. The third kappa shape index (κ3) is 2.65. The van der Waals surface area contributed by atoms with E-state index < -0.39 is 23.2 Å². The molecule has 1 fully saturated rings. The van der Waals surface area contributed by atoms with Crippen molar-refractivity contribution in [3.05, 3.63) is 0 Å². The molecule has 0 aromatic carbocycles. The van der Waals surface area contributed by atoms with Crippen LogP contribution in [-0.2, 0) is 9.53 Å². The summed E-state index contributed by atoms with van der Waals surface area (Å²) in [7, 11) is 0. The van der Waals surface area contributed by atoms with Gasteiger partial charge in [-0.1, -0.05) is 13.3 Å². The highest BCUT2D eigenvalue weighted by molar-refractivity contribution is 5.88. The van der Waals surface area contributed by atoms with Crippen LogP contribution in [0.1, 0.15) is 40.5 Å². The molecule has 1 rings (SSSR count). The zero-order valence-electron chi connectivity index (χ0n) is 10.2. The van der Waals surface area contributed by atoms with Gasteiger partial charge in [0.25, 0.3) is 0 Å². The Hall–Kier alpha value is -1.26. The summed E-state index contributed by atoms with van der Waals surface area (Å²) < 4.78 is 5.04. The van der Waals surface area contributed by atoms with Gasteiger partial charge in [-0.05, 0) is 33.1 Å². The Labute approximate surface area is 95.2 Å².